The molecule has 0 aromatic heterocycles. The molecule has 1 aliphatic carbocycles. The van der Waals surface area contributed by atoms with Crippen LogP contribution in [0, 0.1) is 13.0 Å². The van der Waals surface area contributed by atoms with E-state index in [1.807, 2.05) is 0 Å². The molecule has 1 saturated heterocycles. The molecule has 1 N–H and O–H groups in total. The van der Waals surface area contributed by atoms with Gasteiger partial charge in [0, 0.05) is 12.3 Å². The molecule has 2 bridgehead atoms. The van der Waals surface area contributed by atoms with Crippen LogP contribution in [0.1, 0.15) is 25.7 Å². The number of rotatable bonds is 0. The molecular formula is C8H15N. The molecule has 1 heteroatoms. The highest BCUT2D eigenvalue weighted by Gasteiger charge is 2.33. The molecule has 1 saturated carbocycles. The van der Waals surface area contributed by atoms with Gasteiger partial charge in [-0.3, -0.25) is 0 Å². The van der Waals surface area contributed by atoms with Gasteiger partial charge in [-0.25, -0.2) is 0 Å². The third-order valence-electron chi connectivity index (χ3n) is 2.91. The monoisotopic (exact) mass is 125 g/mol. The molecule has 3 atom stereocenters. The summed E-state index contributed by atoms with van der Waals surface area (Å²) >= 11 is 0. The van der Waals surface area contributed by atoms with Crippen molar-refractivity contribution in [1.82, 2.24) is 0 Å². The van der Waals surface area contributed by atoms with E-state index < -0.39 is 0 Å². The largest absolute Gasteiger partial charge is 0.465 e. The maximum Gasteiger partial charge on any atom is 0.0640 e. The van der Waals surface area contributed by atoms with E-state index in [-0.39, 0.29) is 0 Å². The molecule has 2 rings (SSSR count). The third-order valence-corrected chi connectivity index (χ3v) is 2.91. The Morgan fingerprint density at radius 1 is 1.33 bits per heavy atom. The smallest absolute Gasteiger partial charge is 0.0640 e. The summed E-state index contributed by atoms with van der Waals surface area (Å²) in [5.74, 6) is 1.04. The van der Waals surface area contributed by atoms with Crippen molar-refractivity contribution < 1.29 is 4.90 Å². The maximum atomic E-state index is 4.10. The van der Waals surface area contributed by atoms with Crippen LogP contribution in [0.5, 0.6) is 0 Å². The molecule has 52 valence electrons. The van der Waals surface area contributed by atoms with Crippen molar-refractivity contribution in [2.45, 2.75) is 31.7 Å². The zero-order chi connectivity index (χ0) is 6.27. The Hall–Kier alpha value is -0.0400. The van der Waals surface area contributed by atoms with Crippen molar-refractivity contribution in [1.29, 1.82) is 0 Å². The molecule has 1 heterocycles. The number of hydrogen-bond donors (Lipinski definition) is 1. The van der Waals surface area contributed by atoms with Crippen LogP contribution in [0.25, 0.3) is 0 Å². The zero-order valence-corrected chi connectivity index (χ0v) is 5.90. The minimum Gasteiger partial charge on any atom is -0.465 e. The molecular weight excluding hydrogens is 110 g/mol. The van der Waals surface area contributed by atoms with E-state index in [1.54, 1.807) is 4.90 Å². The standard InChI is InChI=1S/C8H15N/c1-9-6-7-3-2-4-8(9)5-7/h7-9H,1-6H2/t7-,8-/m0/s1. The zero-order valence-electron chi connectivity index (χ0n) is 5.90. The van der Waals surface area contributed by atoms with Gasteiger partial charge in [0.1, 0.15) is 0 Å². The number of likely N-dealkylation sites (tertiary alicyclic amines) is 1. The summed E-state index contributed by atoms with van der Waals surface area (Å²) in [5, 5.41) is 0. The Bertz CT molecular complexity index is 109. The van der Waals surface area contributed by atoms with Gasteiger partial charge in [0.2, 0.25) is 0 Å². The van der Waals surface area contributed by atoms with E-state index >= 15 is 0 Å². The average molecular weight is 125 g/mol. The Balaban J connectivity index is 2.07. The van der Waals surface area contributed by atoms with E-state index in [0.717, 1.165) is 12.0 Å². The van der Waals surface area contributed by atoms with Crippen LogP contribution in [-0.2, 0) is 0 Å². The Morgan fingerprint density at radius 3 is 2.89 bits per heavy atom. The van der Waals surface area contributed by atoms with Crippen LogP contribution in [-0.4, -0.2) is 12.6 Å². The number of fused-ring (bicyclic) bond motifs is 2. The Kier molecular flexibility index (Phi) is 1.26. The average Bonchev–Trinajstić information content (AvgIpc) is 2.09. The first kappa shape index (κ1) is 5.72. The van der Waals surface area contributed by atoms with Gasteiger partial charge < -0.3 is 4.90 Å². The van der Waals surface area contributed by atoms with Crippen LogP contribution >= 0.6 is 0 Å². The van der Waals surface area contributed by atoms with Crippen molar-refractivity contribution in [2.75, 3.05) is 6.54 Å². The lowest BCUT2D eigenvalue weighted by atomic mass is 9.91. The first-order valence-corrected chi connectivity index (χ1v) is 4.04. The number of hydrogen-bond acceptors (Lipinski definition) is 0. The van der Waals surface area contributed by atoms with Gasteiger partial charge in [0.25, 0.3) is 0 Å². The minimum atomic E-state index is 0.934. The first-order chi connectivity index (χ1) is 4.36. The molecule has 0 radical (unpaired) electrons. The van der Waals surface area contributed by atoms with Gasteiger partial charge in [-0.2, -0.15) is 7.05 Å². The molecule has 0 aromatic rings. The van der Waals surface area contributed by atoms with E-state index in [2.05, 4.69) is 7.05 Å². The molecule has 0 amide bonds. The molecule has 0 aromatic carbocycles. The van der Waals surface area contributed by atoms with Gasteiger partial charge in [-0.15, -0.1) is 0 Å². The Labute approximate surface area is 57.0 Å². The lowest BCUT2D eigenvalue weighted by Crippen LogP contribution is -3.08. The van der Waals surface area contributed by atoms with Gasteiger partial charge in [-0.1, -0.05) is 0 Å². The van der Waals surface area contributed by atoms with Crippen molar-refractivity contribution in [2.24, 2.45) is 5.92 Å². The van der Waals surface area contributed by atoms with Gasteiger partial charge in [-0.05, 0) is 19.3 Å². The van der Waals surface area contributed by atoms with Crippen LogP contribution in [0.15, 0.2) is 0 Å². The molecule has 9 heavy (non-hydrogen) atoms. The van der Waals surface area contributed by atoms with Crippen molar-refractivity contribution >= 4 is 0 Å². The first-order valence-electron chi connectivity index (χ1n) is 4.04. The topological polar surface area (TPSA) is 4.44 Å². The lowest BCUT2D eigenvalue weighted by molar-refractivity contribution is -0.867. The summed E-state index contributed by atoms with van der Waals surface area (Å²) in [4.78, 5) is 1.55. The fourth-order valence-electron chi connectivity index (χ4n) is 2.38. The fourth-order valence-corrected chi connectivity index (χ4v) is 2.38. The highest BCUT2D eigenvalue weighted by atomic mass is 15.2. The molecule has 1 nitrogen and oxygen atoms in total. The fraction of sp³-hybridized carbons (Fsp3) is 0.875. The third kappa shape index (κ3) is 0.877. The predicted octanol–water partition coefficient (Wildman–Crippen LogP) is 0.235. The Morgan fingerprint density at radius 2 is 2.22 bits per heavy atom. The predicted molar refractivity (Wildman–Crippen MR) is 36.9 cm³/mol. The van der Waals surface area contributed by atoms with Gasteiger partial charge in [0.15, 0.2) is 0 Å². The van der Waals surface area contributed by atoms with Crippen molar-refractivity contribution in [3.63, 3.8) is 0 Å². The summed E-state index contributed by atoms with van der Waals surface area (Å²) < 4.78 is 0. The highest BCUT2D eigenvalue weighted by molar-refractivity contribution is 4.76. The highest BCUT2D eigenvalue weighted by Crippen LogP contribution is 2.25. The van der Waals surface area contributed by atoms with E-state index in [4.69, 9.17) is 0 Å². The van der Waals surface area contributed by atoms with E-state index in [1.165, 1.54) is 32.2 Å². The summed E-state index contributed by atoms with van der Waals surface area (Å²) in [6.07, 6.45) is 5.86. The van der Waals surface area contributed by atoms with E-state index in [0.29, 0.717) is 0 Å². The summed E-state index contributed by atoms with van der Waals surface area (Å²) in [5.41, 5.74) is 0. The van der Waals surface area contributed by atoms with E-state index in [9.17, 15) is 0 Å². The normalized spacial score (nSPS) is 49.7. The SMILES string of the molecule is [CH2-][NH+]1C[C@H]2CCC[C@H]1C2. The number of quaternary nitrogens is 1. The summed E-state index contributed by atoms with van der Waals surface area (Å²) in [6, 6.07) is 0.934. The molecule has 0 spiro atoms. The van der Waals surface area contributed by atoms with Crippen LogP contribution in [0.2, 0.25) is 0 Å². The second-order valence-electron chi connectivity index (χ2n) is 3.59. The quantitative estimate of drug-likeness (QED) is 0.442. The van der Waals surface area contributed by atoms with Crippen LogP contribution < -0.4 is 4.90 Å². The molecule has 1 aliphatic heterocycles. The van der Waals surface area contributed by atoms with Gasteiger partial charge >= 0.3 is 0 Å². The maximum absolute atomic E-state index is 4.10. The molecule has 1 unspecified atom stereocenters. The van der Waals surface area contributed by atoms with Crippen molar-refractivity contribution in [3.8, 4) is 0 Å². The summed E-state index contributed by atoms with van der Waals surface area (Å²) in [7, 11) is 4.10. The molecule has 2 aliphatic rings. The minimum absolute atomic E-state index is 0.934. The molecule has 2 fully saturated rings. The van der Waals surface area contributed by atoms with Crippen LogP contribution in [0.4, 0.5) is 0 Å². The second kappa shape index (κ2) is 1.98. The van der Waals surface area contributed by atoms with Crippen LogP contribution in [0.3, 0.4) is 0 Å². The van der Waals surface area contributed by atoms with Crippen molar-refractivity contribution in [3.05, 3.63) is 7.05 Å². The van der Waals surface area contributed by atoms with Gasteiger partial charge in [0.05, 0.1) is 12.6 Å². The number of nitrogens with one attached hydrogen (secondary N) is 1. The lowest BCUT2D eigenvalue weighted by Gasteiger charge is -2.22. The summed E-state index contributed by atoms with van der Waals surface area (Å²) in [6.45, 7) is 1.35. The second-order valence-corrected chi connectivity index (χ2v) is 3.59.